The van der Waals surface area contributed by atoms with E-state index in [1.807, 2.05) is 24.3 Å². The Bertz CT molecular complexity index is 1090. The van der Waals surface area contributed by atoms with Gasteiger partial charge in [0.1, 0.15) is 6.61 Å². The van der Waals surface area contributed by atoms with Crippen molar-refractivity contribution >= 4 is 75.6 Å². The van der Waals surface area contributed by atoms with Crippen LogP contribution in [-0.4, -0.2) is 17.1 Å². The smallest absolute Gasteiger partial charge is 0.338 e. The van der Waals surface area contributed by atoms with Crippen molar-refractivity contribution in [3.8, 4) is 0 Å². The number of halogens is 3. The van der Waals surface area contributed by atoms with E-state index in [1.54, 1.807) is 12.1 Å². The second-order valence-corrected chi connectivity index (χ2v) is 8.86. The predicted molar refractivity (Wildman–Crippen MR) is 119 cm³/mol. The Morgan fingerprint density at radius 2 is 1.30 bits per heavy atom. The van der Waals surface area contributed by atoms with E-state index < -0.39 is 0 Å². The zero-order valence-corrected chi connectivity index (χ0v) is 18.8. The van der Waals surface area contributed by atoms with Crippen molar-refractivity contribution in [1.29, 1.82) is 0 Å². The monoisotopic (exact) mass is 549 g/mol. The summed E-state index contributed by atoms with van der Waals surface area (Å²) in [6.07, 6.45) is 0. The van der Waals surface area contributed by atoms with Crippen LogP contribution in [0.5, 0.6) is 0 Å². The van der Waals surface area contributed by atoms with E-state index in [0.717, 1.165) is 24.5 Å². The van der Waals surface area contributed by atoms with E-state index >= 15 is 0 Å². The molecule has 0 bridgehead atoms. The third kappa shape index (κ3) is 3.84. The molecule has 0 unspecified atom stereocenters. The van der Waals surface area contributed by atoms with E-state index in [0.29, 0.717) is 18.7 Å². The van der Waals surface area contributed by atoms with Crippen LogP contribution in [-0.2, 0) is 11.3 Å². The van der Waals surface area contributed by atoms with Crippen LogP contribution >= 0.6 is 47.8 Å². The van der Waals surface area contributed by atoms with Crippen LogP contribution in [0, 0.1) is 0 Å². The molecular formula is C21H14Br3NO2. The molecule has 0 aliphatic heterocycles. The quantitative estimate of drug-likeness (QED) is 0.257. The predicted octanol–water partition coefficient (Wildman–Crippen LogP) is 6.94. The number of aromatic nitrogens is 1. The zero-order valence-electron chi connectivity index (χ0n) is 14.1. The summed E-state index contributed by atoms with van der Waals surface area (Å²) < 4.78 is 10.7. The van der Waals surface area contributed by atoms with Gasteiger partial charge in [-0.2, -0.15) is 0 Å². The number of esters is 1. The molecule has 0 atom stereocenters. The van der Waals surface area contributed by atoms with Crippen LogP contribution in [0.15, 0.2) is 74.1 Å². The molecule has 0 saturated carbocycles. The van der Waals surface area contributed by atoms with Crippen molar-refractivity contribution in [1.82, 2.24) is 4.57 Å². The average molecular weight is 552 g/mol. The van der Waals surface area contributed by atoms with Gasteiger partial charge in [-0.15, -0.1) is 0 Å². The van der Waals surface area contributed by atoms with Crippen LogP contribution in [0.2, 0.25) is 0 Å². The van der Waals surface area contributed by atoms with Gasteiger partial charge in [-0.05, 0) is 60.7 Å². The summed E-state index contributed by atoms with van der Waals surface area (Å²) >= 11 is 10.5. The van der Waals surface area contributed by atoms with Crippen molar-refractivity contribution in [2.24, 2.45) is 0 Å². The van der Waals surface area contributed by atoms with E-state index in [9.17, 15) is 4.79 Å². The standard InChI is InChI=1S/C21H14Br3NO2/c22-14-3-1-13(2-4-14)21(26)27-10-9-25-19-7-5-15(23)11-17(19)18-12-16(24)6-8-20(18)25/h1-8,11-12H,9-10H2. The van der Waals surface area contributed by atoms with Crippen LogP contribution in [0.1, 0.15) is 10.4 Å². The van der Waals surface area contributed by atoms with Gasteiger partial charge in [0.05, 0.1) is 12.1 Å². The maximum absolute atomic E-state index is 12.2. The highest BCUT2D eigenvalue weighted by Crippen LogP contribution is 2.33. The Hall–Kier alpha value is -1.63. The Kier molecular flexibility index (Phi) is 5.39. The van der Waals surface area contributed by atoms with Crippen molar-refractivity contribution < 1.29 is 9.53 Å². The molecule has 0 aliphatic carbocycles. The molecule has 27 heavy (non-hydrogen) atoms. The Labute approximate surface area is 181 Å². The summed E-state index contributed by atoms with van der Waals surface area (Å²) in [4.78, 5) is 12.2. The maximum atomic E-state index is 12.2. The third-order valence-corrected chi connectivity index (χ3v) is 5.93. The van der Waals surface area contributed by atoms with Gasteiger partial charge in [0.2, 0.25) is 0 Å². The summed E-state index contributed by atoms with van der Waals surface area (Å²) in [5.41, 5.74) is 2.78. The minimum Gasteiger partial charge on any atom is -0.460 e. The lowest BCUT2D eigenvalue weighted by Gasteiger charge is -2.09. The van der Waals surface area contributed by atoms with E-state index in [4.69, 9.17) is 4.74 Å². The van der Waals surface area contributed by atoms with Crippen LogP contribution in [0.25, 0.3) is 21.8 Å². The molecular weight excluding hydrogens is 538 g/mol. The first-order chi connectivity index (χ1) is 13.0. The molecule has 0 N–H and O–H groups in total. The van der Waals surface area contributed by atoms with Crippen molar-refractivity contribution in [3.05, 3.63) is 79.6 Å². The molecule has 0 fully saturated rings. The molecule has 0 amide bonds. The van der Waals surface area contributed by atoms with Gasteiger partial charge < -0.3 is 9.30 Å². The topological polar surface area (TPSA) is 31.2 Å². The molecule has 3 aromatic carbocycles. The molecule has 1 aromatic heterocycles. The number of carbonyl (C=O) groups excluding carboxylic acids is 1. The summed E-state index contributed by atoms with van der Waals surface area (Å²) in [6.45, 7) is 0.894. The Balaban J connectivity index is 1.61. The molecule has 1 heterocycles. The third-order valence-electron chi connectivity index (χ3n) is 4.42. The molecule has 136 valence electrons. The van der Waals surface area contributed by atoms with Crippen LogP contribution < -0.4 is 0 Å². The average Bonchev–Trinajstić information content (AvgIpc) is 2.95. The van der Waals surface area contributed by atoms with E-state index in [-0.39, 0.29) is 5.97 Å². The number of hydrogen-bond donors (Lipinski definition) is 0. The van der Waals surface area contributed by atoms with Gasteiger partial charge in [-0.1, -0.05) is 47.8 Å². The molecule has 0 spiro atoms. The molecule has 6 heteroatoms. The van der Waals surface area contributed by atoms with E-state index in [1.165, 1.54) is 10.8 Å². The molecule has 4 aromatic rings. The first-order valence-electron chi connectivity index (χ1n) is 8.32. The Morgan fingerprint density at radius 1 is 0.778 bits per heavy atom. The first-order valence-corrected chi connectivity index (χ1v) is 10.7. The first kappa shape index (κ1) is 18.7. The second-order valence-electron chi connectivity index (χ2n) is 6.12. The molecule has 4 rings (SSSR count). The van der Waals surface area contributed by atoms with Crippen LogP contribution in [0.4, 0.5) is 0 Å². The normalized spacial score (nSPS) is 11.2. The van der Waals surface area contributed by atoms with Crippen molar-refractivity contribution in [3.63, 3.8) is 0 Å². The van der Waals surface area contributed by atoms with Crippen molar-refractivity contribution in [2.45, 2.75) is 6.54 Å². The van der Waals surface area contributed by atoms with Gasteiger partial charge in [0.15, 0.2) is 0 Å². The lowest BCUT2D eigenvalue weighted by Crippen LogP contribution is -2.11. The van der Waals surface area contributed by atoms with E-state index in [2.05, 4.69) is 76.6 Å². The summed E-state index contributed by atoms with van der Waals surface area (Å²) in [7, 11) is 0. The SMILES string of the molecule is O=C(OCCn1c2ccc(Br)cc2c2cc(Br)ccc21)c1ccc(Br)cc1. The number of benzene rings is 3. The number of nitrogens with zero attached hydrogens (tertiary/aromatic N) is 1. The van der Waals surface area contributed by atoms with Crippen LogP contribution in [0.3, 0.4) is 0 Å². The Morgan fingerprint density at radius 3 is 1.85 bits per heavy atom. The van der Waals surface area contributed by atoms with Gasteiger partial charge in [-0.25, -0.2) is 4.79 Å². The summed E-state index contributed by atoms with van der Waals surface area (Å²) in [5, 5.41) is 2.33. The van der Waals surface area contributed by atoms with Gasteiger partial charge in [0, 0.05) is 35.2 Å². The van der Waals surface area contributed by atoms with Gasteiger partial charge in [0.25, 0.3) is 0 Å². The summed E-state index contributed by atoms with van der Waals surface area (Å²) in [6, 6.07) is 19.6. The zero-order chi connectivity index (χ0) is 19.0. The summed E-state index contributed by atoms with van der Waals surface area (Å²) in [5.74, 6) is -0.311. The largest absolute Gasteiger partial charge is 0.460 e. The highest BCUT2D eigenvalue weighted by molar-refractivity contribution is 9.11. The number of carbonyl (C=O) groups is 1. The van der Waals surface area contributed by atoms with Crippen molar-refractivity contribution in [2.75, 3.05) is 6.61 Å². The molecule has 0 radical (unpaired) electrons. The molecule has 0 saturated heterocycles. The number of ether oxygens (including phenoxy) is 1. The molecule has 0 aliphatic rings. The minimum atomic E-state index is -0.311. The second kappa shape index (κ2) is 7.78. The van der Waals surface area contributed by atoms with Gasteiger partial charge >= 0.3 is 5.97 Å². The molecule has 3 nitrogen and oxygen atoms in total. The number of fused-ring (bicyclic) bond motifs is 3. The fraction of sp³-hybridized carbons (Fsp3) is 0.0952. The lowest BCUT2D eigenvalue weighted by atomic mass is 10.2. The lowest BCUT2D eigenvalue weighted by molar-refractivity contribution is 0.0493. The fourth-order valence-corrected chi connectivity index (χ4v) is 4.17. The number of hydrogen-bond acceptors (Lipinski definition) is 2. The minimum absolute atomic E-state index is 0.305. The fourth-order valence-electron chi connectivity index (χ4n) is 3.19. The highest BCUT2D eigenvalue weighted by Gasteiger charge is 2.13. The van der Waals surface area contributed by atoms with Gasteiger partial charge in [-0.3, -0.25) is 0 Å². The maximum Gasteiger partial charge on any atom is 0.338 e. The number of rotatable bonds is 4. The highest BCUT2D eigenvalue weighted by atomic mass is 79.9.